The van der Waals surface area contributed by atoms with Crippen LogP contribution in [0.2, 0.25) is 10.0 Å². The zero-order valence-electron chi connectivity index (χ0n) is 15.1. The summed E-state index contributed by atoms with van der Waals surface area (Å²) in [6, 6.07) is 14.7. The van der Waals surface area contributed by atoms with Crippen LogP contribution in [-0.4, -0.2) is 29.3 Å². The van der Waals surface area contributed by atoms with E-state index < -0.39 is 0 Å². The van der Waals surface area contributed by atoms with Crippen LogP contribution in [0.4, 0.5) is 5.69 Å². The standard InChI is InChI=1S/C20H22Cl2N2O2/c1-14(2)23(12-16-7-5-4-6-8-16)20(26)13-24(15(3)25)17-9-10-18(21)19(22)11-17/h4-11,14H,12-13H2,1-3H3. The molecule has 0 spiro atoms. The molecule has 4 nitrogen and oxygen atoms in total. The lowest BCUT2D eigenvalue weighted by atomic mass is 10.2. The summed E-state index contributed by atoms with van der Waals surface area (Å²) in [6.45, 7) is 5.77. The van der Waals surface area contributed by atoms with E-state index in [0.29, 0.717) is 22.3 Å². The van der Waals surface area contributed by atoms with E-state index in [1.165, 1.54) is 11.8 Å². The largest absolute Gasteiger partial charge is 0.334 e. The Morgan fingerprint density at radius 1 is 1.00 bits per heavy atom. The van der Waals surface area contributed by atoms with Gasteiger partial charge in [0, 0.05) is 25.2 Å². The van der Waals surface area contributed by atoms with Crippen LogP contribution < -0.4 is 4.90 Å². The third-order valence-electron chi connectivity index (χ3n) is 4.03. The van der Waals surface area contributed by atoms with E-state index >= 15 is 0 Å². The van der Waals surface area contributed by atoms with Crippen molar-refractivity contribution in [3.05, 3.63) is 64.1 Å². The summed E-state index contributed by atoms with van der Waals surface area (Å²) >= 11 is 12.0. The summed E-state index contributed by atoms with van der Waals surface area (Å²) < 4.78 is 0. The number of carbonyl (C=O) groups excluding carboxylic acids is 2. The Morgan fingerprint density at radius 2 is 1.65 bits per heavy atom. The molecular weight excluding hydrogens is 371 g/mol. The molecule has 0 atom stereocenters. The number of amides is 2. The van der Waals surface area contributed by atoms with E-state index in [9.17, 15) is 9.59 Å². The van der Waals surface area contributed by atoms with Gasteiger partial charge in [-0.1, -0.05) is 53.5 Å². The lowest BCUT2D eigenvalue weighted by Gasteiger charge is -2.30. The van der Waals surface area contributed by atoms with Gasteiger partial charge >= 0.3 is 0 Å². The Labute approximate surface area is 164 Å². The highest BCUT2D eigenvalue weighted by Crippen LogP contribution is 2.27. The quantitative estimate of drug-likeness (QED) is 0.709. The second-order valence-electron chi connectivity index (χ2n) is 6.30. The van der Waals surface area contributed by atoms with Crippen molar-refractivity contribution in [2.75, 3.05) is 11.4 Å². The number of hydrogen-bond acceptors (Lipinski definition) is 2. The second-order valence-corrected chi connectivity index (χ2v) is 7.12. The first-order chi connectivity index (χ1) is 12.3. The van der Waals surface area contributed by atoms with Gasteiger partial charge in [-0.2, -0.15) is 0 Å². The second kappa shape index (κ2) is 9.06. The highest BCUT2D eigenvalue weighted by molar-refractivity contribution is 6.42. The SMILES string of the molecule is CC(=O)N(CC(=O)N(Cc1ccccc1)C(C)C)c1ccc(Cl)c(Cl)c1. The third-order valence-corrected chi connectivity index (χ3v) is 4.77. The molecule has 138 valence electrons. The van der Waals surface area contributed by atoms with Gasteiger partial charge in [0.05, 0.1) is 10.0 Å². The fourth-order valence-electron chi connectivity index (χ4n) is 2.60. The highest BCUT2D eigenvalue weighted by Gasteiger charge is 2.23. The van der Waals surface area contributed by atoms with Gasteiger partial charge in [0.1, 0.15) is 6.54 Å². The fraction of sp³-hybridized carbons (Fsp3) is 0.300. The number of carbonyl (C=O) groups is 2. The zero-order chi connectivity index (χ0) is 19.3. The normalized spacial score (nSPS) is 10.7. The minimum atomic E-state index is -0.236. The van der Waals surface area contributed by atoms with Gasteiger partial charge in [0.2, 0.25) is 11.8 Å². The van der Waals surface area contributed by atoms with Gasteiger partial charge in [-0.25, -0.2) is 0 Å². The highest BCUT2D eigenvalue weighted by atomic mass is 35.5. The van der Waals surface area contributed by atoms with Crippen molar-refractivity contribution in [2.45, 2.75) is 33.4 Å². The first-order valence-corrected chi connectivity index (χ1v) is 9.11. The van der Waals surface area contributed by atoms with E-state index in [1.807, 2.05) is 44.2 Å². The first-order valence-electron chi connectivity index (χ1n) is 8.36. The summed E-state index contributed by atoms with van der Waals surface area (Å²) in [7, 11) is 0. The monoisotopic (exact) mass is 392 g/mol. The van der Waals surface area contributed by atoms with Gasteiger partial charge in [0.25, 0.3) is 0 Å². The van der Waals surface area contributed by atoms with Crippen LogP contribution in [0.15, 0.2) is 48.5 Å². The Hall–Kier alpha value is -2.04. The number of anilines is 1. The van der Waals surface area contributed by atoms with Gasteiger partial charge in [-0.05, 0) is 37.6 Å². The molecule has 0 unspecified atom stereocenters. The Bertz CT molecular complexity index is 779. The van der Waals surface area contributed by atoms with E-state index in [1.54, 1.807) is 23.1 Å². The van der Waals surface area contributed by atoms with Crippen molar-refractivity contribution in [1.82, 2.24) is 4.90 Å². The Morgan fingerprint density at radius 3 is 2.19 bits per heavy atom. The molecule has 2 rings (SSSR count). The topological polar surface area (TPSA) is 40.6 Å². The van der Waals surface area contributed by atoms with Crippen molar-refractivity contribution in [2.24, 2.45) is 0 Å². The fourth-order valence-corrected chi connectivity index (χ4v) is 2.89. The zero-order valence-corrected chi connectivity index (χ0v) is 16.6. The molecule has 0 aliphatic rings. The molecule has 2 amide bonds. The van der Waals surface area contributed by atoms with Crippen LogP contribution in [0.1, 0.15) is 26.3 Å². The Balaban J connectivity index is 2.21. The summed E-state index contributed by atoms with van der Waals surface area (Å²) in [5, 5.41) is 0.742. The van der Waals surface area contributed by atoms with E-state index in [2.05, 4.69) is 0 Å². The molecule has 0 bridgehead atoms. The summed E-state index contributed by atoms with van der Waals surface area (Å²) in [5.41, 5.74) is 1.59. The molecule has 0 heterocycles. The van der Waals surface area contributed by atoms with Crippen molar-refractivity contribution in [1.29, 1.82) is 0 Å². The Kier molecular flexibility index (Phi) is 7.06. The van der Waals surface area contributed by atoms with Gasteiger partial charge < -0.3 is 9.80 Å². The van der Waals surface area contributed by atoms with Gasteiger partial charge in [0.15, 0.2) is 0 Å². The van der Waals surface area contributed by atoms with E-state index in [4.69, 9.17) is 23.2 Å². The van der Waals surface area contributed by atoms with Gasteiger partial charge in [-0.15, -0.1) is 0 Å². The molecule has 6 heteroatoms. The lowest BCUT2D eigenvalue weighted by Crippen LogP contribution is -2.44. The van der Waals surface area contributed by atoms with E-state index in [0.717, 1.165) is 5.56 Å². The van der Waals surface area contributed by atoms with Crippen LogP contribution in [0.5, 0.6) is 0 Å². The molecule has 0 saturated heterocycles. The van der Waals surface area contributed by atoms with Crippen LogP contribution in [-0.2, 0) is 16.1 Å². The molecule has 0 aliphatic heterocycles. The smallest absolute Gasteiger partial charge is 0.243 e. The first kappa shape index (κ1) is 20.3. The number of nitrogens with zero attached hydrogens (tertiary/aromatic N) is 2. The maximum atomic E-state index is 12.9. The molecule has 26 heavy (non-hydrogen) atoms. The minimum Gasteiger partial charge on any atom is -0.334 e. The molecule has 2 aromatic rings. The predicted molar refractivity (Wildman–Crippen MR) is 107 cm³/mol. The minimum absolute atomic E-state index is 0.00493. The average Bonchev–Trinajstić information content (AvgIpc) is 2.60. The van der Waals surface area contributed by atoms with Crippen LogP contribution >= 0.6 is 23.2 Å². The maximum absolute atomic E-state index is 12.9. The van der Waals surface area contributed by atoms with Crippen molar-refractivity contribution < 1.29 is 9.59 Å². The summed E-state index contributed by atoms with van der Waals surface area (Å²) in [5.74, 6) is -0.370. The van der Waals surface area contributed by atoms with Crippen LogP contribution in [0.25, 0.3) is 0 Å². The number of benzene rings is 2. The molecule has 0 N–H and O–H groups in total. The predicted octanol–water partition coefficient (Wildman–Crippen LogP) is 4.78. The molecule has 0 fully saturated rings. The summed E-state index contributed by atoms with van der Waals surface area (Å²) in [6.07, 6.45) is 0. The molecular formula is C20H22Cl2N2O2. The molecule has 0 aromatic heterocycles. The van der Waals surface area contributed by atoms with Crippen LogP contribution in [0, 0.1) is 0 Å². The molecule has 2 aromatic carbocycles. The van der Waals surface area contributed by atoms with E-state index in [-0.39, 0.29) is 24.4 Å². The number of hydrogen-bond donors (Lipinski definition) is 0. The van der Waals surface area contributed by atoms with Crippen molar-refractivity contribution in [3.63, 3.8) is 0 Å². The van der Waals surface area contributed by atoms with Gasteiger partial charge in [-0.3, -0.25) is 9.59 Å². The summed E-state index contributed by atoms with van der Waals surface area (Å²) in [4.78, 5) is 28.2. The van der Waals surface area contributed by atoms with Crippen molar-refractivity contribution >= 4 is 40.7 Å². The molecule has 0 aliphatic carbocycles. The van der Waals surface area contributed by atoms with Crippen molar-refractivity contribution in [3.8, 4) is 0 Å². The third kappa shape index (κ3) is 5.23. The number of halogens is 2. The molecule has 0 radical (unpaired) electrons. The molecule has 0 saturated carbocycles. The van der Waals surface area contributed by atoms with Crippen LogP contribution in [0.3, 0.4) is 0 Å². The lowest BCUT2D eigenvalue weighted by molar-refractivity contribution is -0.133. The average molecular weight is 393 g/mol. The number of rotatable bonds is 6. The maximum Gasteiger partial charge on any atom is 0.243 e.